The van der Waals surface area contributed by atoms with E-state index in [9.17, 15) is 5.11 Å². The number of hydrogen-bond acceptors (Lipinski definition) is 2. The normalized spacial score (nSPS) is 10.9. The molecule has 0 aliphatic heterocycles. The summed E-state index contributed by atoms with van der Waals surface area (Å²) in [7, 11) is 0. The van der Waals surface area contributed by atoms with Crippen LogP contribution >= 0.6 is 0 Å². The molecule has 0 unspecified atom stereocenters. The average Bonchev–Trinajstić information content (AvgIpc) is 2.30. The molecule has 2 nitrogen and oxygen atoms in total. The van der Waals surface area contributed by atoms with Crippen LogP contribution in [0.15, 0.2) is 18.2 Å². The lowest BCUT2D eigenvalue weighted by molar-refractivity contribution is 0.239. The van der Waals surface area contributed by atoms with Gasteiger partial charge in [-0.25, -0.2) is 0 Å². The van der Waals surface area contributed by atoms with Gasteiger partial charge in [-0.05, 0) is 38.3 Å². The molecule has 0 aliphatic carbocycles. The Balaban J connectivity index is 2.52. The van der Waals surface area contributed by atoms with E-state index >= 15 is 0 Å². The Kier molecular flexibility index (Phi) is 6.63. The molecule has 0 aromatic heterocycles. The number of phenols is 1. The number of benzene rings is 1. The molecule has 1 aromatic carbocycles. The van der Waals surface area contributed by atoms with E-state index in [1.165, 1.54) is 37.7 Å². The van der Waals surface area contributed by atoms with Crippen LogP contribution in [0.25, 0.3) is 0 Å². The maximum Gasteiger partial charge on any atom is 0.126 e. The standard InChI is InChI=1S/C16H26O2/c1-4-5-6-7-8-9-14-10-11-15(17)12-16(14)18-13(2)3/h10-13,17H,4-9H2,1-3H3. The average molecular weight is 250 g/mol. The smallest absolute Gasteiger partial charge is 0.126 e. The van der Waals surface area contributed by atoms with Gasteiger partial charge in [-0.15, -0.1) is 0 Å². The number of hydrogen-bond donors (Lipinski definition) is 1. The van der Waals surface area contributed by atoms with Crippen LogP contribution in [0.1, 0.15) is 58.4 Å². The molecule has 0 amide bonds. The predicted molar refractivity (Wildman–Crippen MR) is 76.3 cm³/mol. The third kappa shape index (κ3) is 5.44. The van der Waals surface area contributed by atoms with Gasteiger partial charge in [0.15, 0.2) is 0 Å². The third-order valence-corrected chi connectivity index (χ3v) is 2.96. The van der Waals surface area contributed by atoms with E-state index in [1.807, 2.05) is 19.9 Å². The zero-order chi connectivity index (χ0) is 13.4. The summed E-state index contributed by atoms with van der Waals surface area (Å²) in [5.74, 6) is 1.11. The van der Waals surface area contributed by atoms with Crippen molar-refractivity contribution in [3.05, 3.63) is 23.8 Å². The maximum atomic E-state index is 9.51. The number of phenolic OH excluding ortho intramolecular Hbond substituents is 1. The largest absolute Gasteiger partial charge is 0.508 e. The maximum absolute atomic E-state index is 9.51. The number of aryl methyl sites for hydroxylation is 1. The second-order valence-corrected chi connectivity index (χ2v) is 5.12. The van der Waals surface area contributed by atoms with Crippen molar-refractivity contribution in [2.75, 3.05) is 0 Å². The minimum absolute atomic E-state index is 0.144. The van der Waals surface area contributed by atoms with E-state index in [1.54, 1.807) is 12.1 Å². The Morgan fingerprint density at radius 1 is 1.11 bits per heavy atom. The van der Waals surface area contributed by atoms with E-state index < -0.39 is 0 Å². The highest BCUT2D eigenvalue weighted by molar-refractivity contribution is 5.40. The Morgan fingerprint density at radius 3 is 2.50 bits per heavy atom. The summed E-state index contributed by atoms with van der Waals surface area (Å²) >= 11 is 0. The highest BCUT2D eigenvalue weighted by atomic mass is 16.5. The van der Waals surface area contributed by atoms with Gasteiger partial charge in [-0.1, -0.05) is 38.7 Å². The van der Waals surface area contributed by atoms with Crippen molar-refractivity contribution in [3.63, 3.8) is 0 Å². The summed E-state index contributed by atoms with van der Waals surface area (Å²) in [5, 5.41) is 9.51. The molecular weight excluding hydrogens is 224 g/mol. The first-order chi connectivity index (χ1) is 8.63. The van der Waals surface area contributed by atoms with Crippen molar-refractivity contribution in [1.29, 1.82) is 0 Å². The molecule has 0 spiro atoms. The fraction of sp³-hybridized carbons (Fsp3) is 0.625. The first-order valence-corrected chi connectivity index (χ1v) is 7.12. The Bertz CT molecular complexity index is 345. The lowest BCUT2D eigenvalue weighted by atomic mass is 10.0. The lowest BCUT2D eigenvalue weighted by Gasteiger charge is -2.14. The van der Waals surface area contributed by atoms with Gasteiger partial charge < -0.3 is 9.84 Å². The molecule has 0 bridgehead atoms. The summed E-state index contributed by atoms with van der Waals surface area (Å²) in [5.41, 5.74) is 1.21. The SMILES string of the molecule is CCCCCCCc1ccc(O)cc1OC(C)C. The molecule has 0 radical (unpaired) electrons. The highest BCUT2D eigenvalue weighted by Crippen LogP contribution is 2.26. The zero-order valence-corrected chi connectivity index (χ0v) is 11.9. The summed E-state index contributed by atoms with van der Waals surface area (Å²) in [6, 6.07) is 5.45. The van der Waals surface area contributed by atoms with Crippen LogP contribution in [-0.4, -0.2) is 11.2 Å². The fourth-order valence-electron chi connectivity index (χ4n) is 2.03. The predicted octanol–water partition coefficient (Wildman–Crippen LogP) is 4.69. The van der Waals surface area contributed by atoms with E-state index in [4.69, 9.17) is 4.74 Å². The first kappa shape index (κ1) is 14.9. The van der Waals surface area contributed by atoms with Crippen molar-refractivity contribution in [1.82, 2.24) is 0 Å². The van der Waals surface area contributed by atoms with E-state index in [-0.39, 0.29) is 11.9 Å². The van der Waals surface area contributed by atoms with Gasteiger partial charge in [0.05, 0.1) is 6.10 Å². The Labute approximate surface area is 111 Å². The summed E-state index contributed by atoms with van der Waals surface area (Å²) in [6.45, 7) is 6.25. The molecule has 1 rings (SSSR count). The van der Waals surface area contributed by atoms with Gasteiger partial charge in [0.1, 0.15) is 11.5 Å². The number of rotatable bonds is 8. The minimum Gasteiger partial charge on any atom is -0.508 e. The Morgan fingerprint density at radius 2 is 1.83 bits per heavy atom. The lowest BCUT2D eigenvalue weighted by Crippen LogP contribution is -2.07. The molecule has 18 heavy (non-hydrogen) atoms. The molecule has 0 atom stereocenters. The molecule has 2 heteroatoms. The highest BCUT2D eigenvalue weighted by Gasteiger charge is 2.06. The monoisotopic (exact) mass is 250 g/mol. The van der Waals surface area contributed by atoms with Crippen LogP contribution in [0.2, 0.25) is 0 Å². The quantitative estimate of drug-likeness (QED) is 0.678. The van der Waals surface area contributed by atoms with E-state index in [0.717, 1.165) is 12.2 Å². The summed E-state index contributed by atoms with van der Waals surface area (Å²) in [4.78, 5) is 0. The first-order valence-electron chi connectivity index (χ1n) is 7.12. The Hall–Kier alpha value is -1.18. The number of ether oxygens (including phenoxy) is 1. The zero-order valence-electron chi connectivity index (χ0n) is 11.9. The van der Waals surface area contributed by atoms with Crippen LogP contribution < -0.4 is 4.74 Å². The van der Waals surface area contributed by atoms with Crippen molar-refractivity contribution in [2.45, 2.75) is 65.4 Å². The molecule has 0 fully saturated rings. The second kappa shape index (κ2) is 8.02. The van der Waals surface area contributed by atoms with Gasteiger partial charge >= 0.3 is 0 Å². The molecule has 0 heterocycles. The molecule has 1 N–H and O–H groups in total. The van der Waals surface area contributed by atoms with Gasteiger partial charge in [-0.3, -0.25) is 0 Å². The second-order valence-electron chi connectivity index (χ2n) is 5.12. The molecule has 0 saturated carbocycles. The summed E-state index contributed by atoms with van der Waals surface area (Å²) < 4.78 is 5.74. The topological polar surface area (TPSA) is 29.5 Å². The van der Waals surface area contributed by atoms with Gasteiger partial charge in [0, 0.05) is 6.07 Å². The van der Waals surface area contributed by atoms with Gasteiger partial charge in [0.2, 0.25) is 0 Å². The minimum atomic E-state index is 0.144. The van der Waals surface area contributed by atoms with Gasteiger partial charge in [-0.2, -0.15) is 0 Å². The molecule has 0 saturated heterocycles. The van der Waals surface area contributed by atoms with E-state index in [2.05, 4.69) is 6.92 Å². The van der Waals surface area contributed by atoms with Crippen LogP contribution in [0, 0.1) is 0 Å². The molecule has 1 aromatic rings. The molecule has 0 aliphatic rings. The fourth-order valence-corrected chi connectivity index (χ4v) is 2.03. The van der Waals surface area contributed by atoms with Crippen LogP contribution in [0.5, 0.6) is 11.5 Å². The third-order valence-electron chi connectivity index (χ3n) is 2.96. The van der Waals surface area contributed by atoms with Crippen molar-refractivity contribution in [3.8, 4) is 11.5 Å². The number of aromatic hydroxyl groups is 1. The van der Waals surface area contributed by atoms with Crippen molar-refractivity contribution >= 4 is 0 Å². The number of unbranched alkanes of at least 4 members (excludes halogenated alkanes) is 4. The van der Waals surface area contributed by atoms with Crippen LogP contribution in [0.3, 0.4) is 0 Å². The van der Waals surface area contributed by atoms with Crippen molar-refractivity contribution < 1.29 is 9.84 Å². The molecule has 102 valence electrons. The molecular formula is C16H26O2. The summed E-state index contributed by atoms with van der Waals surface area (Å²) in [6.07, 6.45) is 7.56. The van der Waals surface area contributed by atoms with Crippen LogP contribution in [0.4, 0.5) is 0 Å². The van der Waals surface area contributed by atoms with Crippen LogP contribution in [-0.2, 0) is 6.42 Å². The van der Waals surface area contributed by atoms with Gasteiger partial charge in [0.25, 0.3) is 0 Å². The van der Waals surface area contributed by atoms with E-state index in [0.29, 0.717) is 0 Å². The van der Waals surface area contributed by atoms with Crippen molar-refractivity contribution in [2.24, 2.45) is 0 Å².